The first-order chi connectivity index (χ1) is 8.25. The van der Waals surface area contributed by atoms with Gasteiger partial charge in [-0.2, -0.15) is 0 Å². The molecular formula is C13H18N4. The molecule has 3 heterocycles. The van der Waals surface area contributed by atoms with E-state index in [0.29, 0.717) is 12.0 Å². The van der Waals surface area contributed by atoms with Gasteiger partial charge in [0.1, 0.15) is 11.5 Å². The topological polar surface area (TPSA) is 46.6 Å². The van der Waals surface area contributed by atoms with E-state index in [0.717, 1.165) is 25.2 Å². The third kappa shape index (κ3) is 1.78. The molecule has 4 heteroatoms. The van der Waals surface area contributed by atoms with E-state index in [1.54, 1.807) is 0 Å². The SMILES string of the molecule is CC1CN(c2cccc3nccn23)CCC1N. The van der Waals surface area contributed by atoms with Gasteiger partial charge in [-0.1, -0.05) is 13.0 Å². The Morgan fingerprint density at radius 3 is 3.12 bits per heavy atom. The summed E-state index contributed by atoms with van der Waals surface area (Å²) in [6, 6.07) is 6.59. The van der Waals surface area contributed by atoms with Crippen molar-refractivity contribution in [3.8, 4) is 0 Å². The number of nitrogens with two attached hydrogens (primary N) is 1. The average Bonchev–Trinajstić information content (AvgIpc) is 2.80. The van der Waals surface area contributed by atoms with Crippen LogP contribution in [0, 0.1) is 5.92 Å². The van der Waals surface area contributed by atoms with Crippen LogP contribution in [0.3, 0.4) is 0 Å². The normalized spacial score (nSPS) is 25.4. The summed E-state index contributed by atoms with van der Waals surface area (Å²) in [5.74, 6) is 1.77. The van der Waals surface area contributed by atoms with Gasteiger partial charge in [0.15, 0.2) is 0 Å². The quantitative estimate of drug-likeness (QED) is 0.807. The van der Waals surface area contributed by atoms with Crippen molar-refractivity contribution < 1.29 is 0 Å². The fourth-order valence-corrected chi connectivity index (χ4v) is 2.56. The lowest BCUT2D eigenvalue weighted by Gasteiger charge is -2.36. The van der Waals surface area contributed by atoms with Crippen LogP contribution in [-0.2, 0) is 0 Å². The summed E-state index contributed by atoms with van der Waals surface area (Å²) in [6.07, 6.45) is 4.92. The Balaban J connectivity index is 1.96. The van der Waals surface area contributed by atoms with Crippen LogP contribution < -0.4 is 10.6 Å². The monoisotopic (exact) mass is 230 g/mol. The smallest absolute Gasteiger partial charge is 0.138 e. The van der Waals surface area contributed by atoms with Gasteiger partial charge in [0.25, 0.3) is 0 Å². The standard InChI is InChI=1S/C13H18N4/c1-10-9-16(7-5-11(10)14)13-4-2-3-12-15-6-8-17(12)13/h2-4,6,8,10-11H,5,7,9,14H2,1H3. The van der Waals surface area contributed by atoms with Crippen LogP contribution in [0.5, 0.6) is 0 Å². The number of imidazole rings is 1. The highest BCUT2D eigenvalue weighted by Crippen LogP contribution is 2.23. The molecular weight excluding hydrogens is 212 g/mol. The Morgan fingerprint density at radius 2 is 2.29 bits per heavy atom. The van der Waals surface area contributed by atoms with Gasteiger partial charge in [-0.15, -0.1) is 0 Å². The van der Waals surface area contributed by atoms with Gasteiger partial charge in [-0.25, -0.2) is 4.98 Å². The molecule has 1 aliphatic heterocycles. The van der Waals surface area contributed by atoms with Gasteiger partial charge in [-0.3, -0.25) is 4.40 Å². The minimum Gasteiger partial charge on any atom is -0.357 e. The predicted octanol–water partition coefficient (Wildman–Crippen LogP) is 1.51. The molecule has 0 saturated carbocycles. The summed E-state index contributed by atoms with van der Waals surface area (Å²) in [5.41, 5.74) is 7.07. The molecule has 4 nitrogen and oxygen atoms in total. The van der Waals surface area contributed by atoms with Crippen LogP contribution in [0.15, 0.2) is 30.6 Å². The van der Waals surface area contributed by atoms with E-state index in [-0.39, 0.29) is 0 Å². The molecule has 0 aliphatic carbocycles. The van der Waals surface area contributed by atoms with Gasteiger partial charge in [0.2, 0.25) is 0 Å². The van der Waals surface area contributed by atoms with E-state index in [1.165, 1.54) is 5.82 Å². The maximum absolute atomic E-state index is 6.07. The summed E-state index contributed by atoms with van der Waals surface area (Å²) in [5, 5.41) is 0. The molecule has 0 amide bonds. The molecule has 0 aromatic carbocycles. The van der Waals surface area contributed by atoms with E-state index < -0.39 is 0 Å². The number of nitrogens with zero attached hydrogens (tertiary/aromatic N) is 3. The second-order valence-electron chi connectivity index (χ2n) is 4.92. The van der Waals surface area contributed by atoms with Crippen LogP contribution in [0.1, 0.15) is 13.3 Å². The summed E-state index contributed by atoms with van der Waals surface area (Å²) in [6.45, 7) is 4.28. The highest BCUT2D eigenvalue weighted by atomic mass is 15.2. The Bertz CT molecular complexity index is 519. The molecule has 90 valence electrons. The largest absolute Gasteiger partial charge is 0.357 e. The highest BCUT2D eigenvalue weighted by molar-refractivity contribution is 5.51. The number of anilines is 1. The number of aromatic nitrogens is 2. The Kier molecular flexibility index (Phi) is 2.52. The molecule has 1 aliphatic rings. The number of hydrogen-bond donors (Lipinski definition) is 1. The lowest BCUT2D eigenvalue weighted by Crippen LogP contribution is -2.46. The van der Waals surface area contributed by atoms with Gasteiger partial charge >= 0.3 is 0 Å². The molecule has 0 bridgehead atoms. The maximum Gasteiger partial charge on any atom is 0.138 e. The molecule has 2 aromatic heterocycles. The fourth-order valence-electron chi connectivity index (χ4n) is 2.56. The second kappa shape index (κ2) is 4.04. The zero-order valence-electron chi connectivity index (χ0n) is 10.1. The van der Waals surface area contributed by atoms with Crippen molar-refractivity contribution in [3.63, 3.8) is 0 Å². The molecule has 17 heavy (non-hydrogen) atoms. The molecule has 2 unspecified atom stereocenters. The van der Waals surface area contributed by atoms with Crippen molar-refractivity contribution in [2.45, 2.75) is 19.4 Å². The average molecular weight is 230 g/mol. The van der Waals surface area contributed by atoms with Crippen molar-refractivity contribution in [2.75, 3.05) is 18.0 Å². The molecule has 2 N–H and O–H groups in total. The van der Waals surface area contributed by atoms with E-state index in [2.05, 4.69) is 33.3 Å². The summed E-state index contributed by atoms with van der Waals surface area (Å²) in [7, 11) is 0. The van der Waals surface area contributed by atoms with Crippen molar-refractivity contribution in [2.24, 2.45) is 11.7 Å². The fraction of sp³-hybridized carbons (Fsp3) is 0.462. The van der Waals surface area contributed by atoms with Crippen LogP contribution in [0.25, 0.3) is 5.65 Å². The van der Waals surface area contributed by atoms with Crippen molar-refractivity contribution >= 4 is 11.5 Å². The zero-order chi connectivity index (χ0) is 11.8. The van der Waals surface area contributed by atoms with Gasteiger partial charge in [0, 0.05) is 31.5 Å². The van der Waals surface area contributed by atoms with Gasteiger partial charge < -0.3 is 10.6 Å². The first kappa shape index (κ1) is 10.6. The Morgan fingerprint density at radius 1 is 1.41 bits per heavy atom. The summed E-state index contributed by atoms with van der Waals surface area (Å²) < 4.78 is 2.14. The van der Waals surface area contributed by atoms with E-state index in [9.17, 15) is 0 Å². The van der Waals surface area contributed by atoms with Crippen LogP contribution >= 0.6 is 0 Å². The van der Waals surface area contributed by atoms with Crippen molar-refractivity contribution in [3.05, 3.63) is 30.6 Å². The van der Waals surface area contributed by atoms with E-state index in [1.807, 2.05) is 18.5 Å². The Labute approximate surface area is 101 Å². The van der Waals surface area contributed by atoms with Crippen LogP contribution in [0.4, 0.5) is 5.82 Å². The number of piperidine rings is 1. The maximum atomic E-state index is 6.07. The summed E-state index contributed by atoms with van der Waals surface area (Å²) >= 11 is 0. The minimum atomic E-state index is 0.341. The van der Waals surface area contributed by atoms with E-state index >= 15 is 0 Å². The molecule has 0 spiro atoms. The predicted molar refractivity (Wildman–Crippen MR) is 69.2 cm³/mol. The molecule has 2 atom stereocenters. The number of pyridine rings is 1. The van der Waals surface area contributed by atoms with Crippen LogP contribution in [-0.4, -0.2) is 28.5 Å². The molecule has 0 radical (unpaired) electrons. The van der Waals surface area contributed by atoms with E-state index in [4.69, 9.17) is 5.73 Å². The zero-order valence-corrected chi connectivity index (χ0v) is 10.1. The lowest BCUT2D eigenvalue weighted by atomic mass is 9.95. The third-order valence-corrected chi connectivity index (χ3v) is 3.70. The highest BCUT2D eigenvalue weighted by Gasteiger charge is 2.24. The van der Waals surface area contributed by atoms with Crippen molar-refractivity contribution in [1.82, 2.24) is 9.38 Å². The summed E-state index contributed by atoms with van der Waals surface area (Å²) in [4.78, 5) is 6.73. The number of fused-ring (bicyclic) bond motifs is 1. The first-order valence-electron chi connectivity index (χ1n) is 6.18. The number of rotatable bonds is 1. The number of hydrogen-bond acceptors (Lipinski definition) is 3. The first-order valence-corrected chi connectivity index (χ1v) is 6.18. The molecule has 1 fully saturated rings. The second-order valence-corrected chi connectivity index (χ2v) is 4.92. The molecule has 3 rings (SSSR count). The van der Waals surface area contributed by atoms with Gasteiger partial charge in [0.05, 0.1) is 0 Å². The molecule has 2 aromatic rings. The molecule has 1 saturated heterocycles. The van der Waals surface area contributed by atoms with Crippen molar-refractivity contribution in [1.29, 1.82) is 0 Å². The Hall–Kier alpha value is -1.55. The minimum absolute atomic E-state index is 0.341. The lowest BCUT2D eigenvalue weighted by molar-refractivity contribution is 0.381. The third-order valence-electron chi connectivity index (χ3n) is 3.70. The van der Waals surface area contributed by atoms with Crippen LogP contribution in [0.2, 0.25) is 0 Å². The van der Waals surface area contributed by atoms with Gasteiger partial charge in [-0.05, 0) is 24.5 Å².